The maximum atomic E-state index is 12.3. The van der Waals surface area contributed by atoms with Crippen LogP contribution in [0.25, 0.3) is 0 Å². The Labute approximate surface area is 141 Å². The van der Waals surface area contributed by atoms with Crippen LogP contribution >= 0.6 is 11.3 Å². The van der Waals surface area contributed by atoms with Gasteiger partial charge in [-0.2, -0.15) is 0 Å². The Hall–Kier alpha value is -2.81. The Kier molecular flexibility index (Phi) is 4.26. The van der Waals surface area contributed by atoms with Crippen LogP contribution in [-0.2, 0) is 9.59 Å². The van der Waals surface area contributed by atoms with Gasteiger partial charge in [-0.15, -0.1) is 0 Å². The van der Waals surface area contributed by atoms with Crippen molar-refractivity contribution in [3.63, 3.8) is 0 Å². The fourth-order valence-corrected chi connectivity index (χ4v) is 3.11. The molecule has 1 atom stereocenters. The first kappa shape index (κ1) is 16.1. The molecule has 124 valence electrons. The minimum absolute atomic E-state index is 0.104. The van der Waals surface area contributed by atoms with Crippen LogP contribution in [0.15, 0.2) is 30.5 Å². The zero-order valence-corrected chi connectivity index (χ0v) is 13.6. The molecule has 9 heteroatoms. The second-order valence-corrected chi connectivity index (χ2v) is 6.50. The molecule has 1 fully saturated rings. The van der Waals surface area contributed by atoms with Crippen molar-refractivity contribution in [1.82, 2.24) is 4.98 Å². The fourth-order valence-electron chi connectivity index (χ4n) is 2.47. The Morgan fingerprint density at radius 3 is 2.75 bits per heavy atom. The molecule has 0 aliphatic carbocycles. The minimum atomic E-state index is -0.564. The van der Waals surface area contributed by atoms with Gasteiger partial charge in [-0.25, -0.2) is 4.98 Å². The molecule has 0 spiro atoms. The predicted octanol–water partition coefficient (Wildman–Crippen LogP) is 2.35. The topological polar surface area (TPSA) is 105 Å². The number of aromatic nitrogens is 1. The molecular weight excluding hydrogens is 332 g/mol. The molecule has 1 aliphatic rings. The number of benzene rings is 1. The van der Waals surface area contributed by atoms with E-state index < -0.39 is 10.8 Å². The summed E-state index contributed by atoms with van der Waals surface area (Å²) in [5, 5.41) is 13.2. The molecule has 0 radical (unpaired) electrons. The number of nitrogens with one attached hydrogen (secondary N) is 1. The van der Waals surface area contributed by atoms with E-state index in [2.05, 4.69) is 10.3 Å². The van der Waals surface area contributed by atoms with Gasteiger partial charge < -0.3 is 10.2 Å². The molecule has 3 rings (SSSR count). The highest BCUT2D eigenvalue weighted by molar-refractivity contribution is 7.18. The third-order valence-electron chi connectivity index (χ3n) is 3.75. The van der Waals surface area contributed by atoms with Crippen LogP contribution in [0.2, 0.25) is 0 Å². The largest absolute Gasteiger partial charge is 0.345 e. The normalized spacial score (nSPS) is 17.1. The smallest absolute Gasteiger partial charge is 0.312 e. The summed E-state index contributed by atoms with van der Waals surface area (Å²) in [6.07, 6.45) is 1.20. The number of rotatable bonds is 4. The lowest BCUT2D eigenvalue weighted by atomic mass is 10.1. The first-order chi connectivity index (χ1) is 11.4. The summed E-state index contributed by atoms with van der Waals surface area (Å²) in [5.74, 6) is -0.993. The second-order valence-electron chi connectivity index (χ2n) is 5.49. The minimum Gasteiger partial charge on any atom is -0.312 e. The molecule has 0 bridgehead atoms. The van der Waals surface area contributed by atoms with E-state index >= 15 is 0 Å². The molecule has 0 saturated carbocycles. The number of hydrogen-bond acceptors (Lipinski definition) is 6. The van der Waals surface area contributed by atoms with Crippen LogP contribution in [0.5, 0.6) is 0 Å². The Balaban J connectivity index is 1.67. The second kappa shape index (κ2) is 6.36. The highest BCUT2D eigenvalue weighted by Gasteiger charge is 2.35. The van der Waals surface area contributed by atoms with Crippen LogP contribution in [0.1, 0.15) is 12.0 Å². The first-order valence-corrected chi connectivity index (χ1v) is 8.04. The monoisotopic (exact) mass is 346 g/mol. The highest BCUT2D eigenvalue weighted by atomic mass is 32.1. The van der Waals surface area contributed by atoms with Crippen LogP contribution in [0.3, 0.4) is 0 Å². The van der Waals surface area contributed by atoms with E-state index in [1.807, 2.05) is 31.2 Å². The van der Waals surface area contributed by atoms with Crippen molar-refractivity contribution in [2.75, 3.05) is 16.8 Å². The summed E-state index contributed by atoms with van der Waals surface area (Å²) in [4.78, 5) is 39.9. The van der Waals surface area contributed by atoms with E-state index in [0.29, 0.717) is 0 Å². The standard InChI is InChI=1S/C15H14N4O4S/c1-9-2-4-11(5-3-9)18-8-10(6-12(18)20)14(21)17-15-16-7-13(24-15)19(22)23/h2-5,7,10H,6,8H2,1H3,(H,16,17,21)/t10-/m1/s1. The quantitative estimate of drug-likeness (QED) is 0.676. The van der Waals surface area contributed by atoms with Gasteiger partial charge in [0.2, 0.25) is 11.8 Å². The van der Waals surface area contributed by atoms with Crippen molar-refractivity contribution in [1.29, 1.82) is 0 Å². The average molecular weight is 346 g/mol. The summed E-state index contributed by atoms with van der Waals surface area (Å²) in [7, 11) is 0. The Morgan fingerprint density at radius 1 is 1.42 bits per heavy atom. The van der Waals surface area contributed by atoms with E-state index in [1.54, 1.807) is 4.90 Å². The van der Waals surface area contributed by atoms with Gasteiger partial charge >= 0.3 is 5.00 Å². The van der Waals surface area contributed by atoms with Gasteiger partial charge in [0.25, 0.3) is 0 Å². The van der Waals surface area contributed by atoms with E-state index in [4.69, 9.17) is 0 Å². The Bertz CT molecular complexity index is 802. The molecule has 1 N–H and O–H groups in total. The van der Waals surface area contributed by atoms with Gasteiger partial charge in [-0.05, 0) is 30.4 Å². The van der Waals surface area contributed by atoms with Crippen LogP contribution < -0.4 is 10.2 Å². The third-order valence-corrected chi connectivity index (χ3v) is 4.61. The maximum absolute atomic E-state index is 12.3. The number of nitrogens with zero attached hydrogens (tertiary/aromatic N) is 3. The number of hydrogen-bond donors (Lipinski definition) is 1. The van der Waals surface area contributed by atoms with E-state index in [0.717, 1.165) is 28.8 Å². The summed E-state index contributed by atoms with van der Waals surface area (Å²) in [5.41, 5.74) is 1.84. The van der Waals surface area contributed by atoms with Crippen molar-refractivity contribution >= 4 is 39.0 Å². The van der Waals surface area contributed by atoms with Crippen molar-refractivity contribution in [2.24, 2.45) is 5.92 Å². The molecule has 8 nitrogen and oxygen atoms in total. The number of anilines is 2. The molecule has 24 heavy (non-hydrogen) atoms. The lowest BCUT2D eigenvalue weighted by Gasteiger charge is -2.16. The number of carbonyl (C=O) groups excluding carboxylic acids is 2. The van der Waals surface area contributed by atoms with Gasteiger partial charge in [0.05, 0.1) is 10.8 Å². The first-order valence-electron chi connectivity index (χ1n) is 7.22. The number of carbonyl (C=O) groups is 2. The van der Waals surface area contributed by atoms with Gasteiger partial charge in [-0.1, -0.05) is 17.7 Å². The number of aryl methyl sites for hydroxylation is 1. The molecular formula is C15H14N4O4S. The van der Waals surface area contributed by atoms with E-state index in [1.165, 1.54) is 0 Å². The van der Waals surface area contributed by atoms with Gasteiger partial charge in [0.1, 0.15) is 6.20 Å². The number of amides is 2. The van der Waals surface area contributed by atoms with Crippen molar-refractivity contribution in [3.8, 4) is 0 Å². The van der Waals surface area contributed by atoms with Crippen LogP contribution in [0, 0.1) is 23.0 Å². The van der Waals surface area contributed by atoms with Gasteiger partial charge in [0.15, 0.2) is 5.13 Å². The summed E-state index contributed by atoms with van der Waals surface area (Å²) in [6, 6.07) is 7.50. The van der Waals surface area contributed by atoms with E-state index in [9.17, 15) is 19.7 Å². The highest BCUT2D eigenvalue weighted by Crippen LogP contribution is 2.28. The third kappa shape index (κ3) is 3.25. The van der Waals surface area contributed by atoms with E-state index in [-0.39, 0.29) is 34.9 Å². The molecule has 2 aromatic rings. The molecule has 1 aromatic carbocycles. The average Bonchev–Trinajstić information content (AvgIpc) is 3.15. The lowest BCUT2D eigenvalue weighted by molar-refractivity contribution is -0.380. The summed E-state index contributed by atoms with van der Waals surface area (Å²) >= 11 is 0.787. The zero-order valence-electron chi connectivity index (χ0n) is 12.8. The van der Waals surface area contributed by atoms with Gasteiger partial charge in [0, 0.05) is 18.7 Å². The van der Waals surface area contributed by atoms with Crippen molar-refractivity contribution in [3.05, 3.63) is 46.1 Å². The molecule has 1 aromatic heterocycles. The molecule has 0 unspecified atom stereocenters. The summed E-state index contributed by atoms with van der Waals surface area (Å²) < 4.78 is 0. The number of nitro groups is 1. The zero-order chi connectivity index (χ0) is 17.3. The Morgan fingerprint density at radius 2 is 2.12 bits per heavy atom. The van der Waals surface area contributed by atoms with Crippen molar-refractivity contribution < 1.29 is 14.5 Å². The fraction of sp³-hybridized carbons (Fsp3) is 0.267. The number of thiazole rings is 1. The predicted molar refractivity (Wildman–Crippen MR) is 89.0 cm³/mol. The SMILES string of the molecule is Cc1ccc(N2C[C@H](C(=O)Nc3ncc([N+](=O)[O-])s3)CC2=O)cc1. The van der Waals surface area contributed by atoms with Crippen LogP contribution in [0.4, 0.5) is 15.8 Å². The van der Waals surface area contributed by atoms with Crippen molar-refractivity contribution in [2.45, 2.75) is 13.3 Å². The molecule has 2 heterocycles. The maximum Gasteiger partial charge on any atom is 0.345 e. The van der Waals surface area contributed by atoms with Crippen LogP contribution in [-0.4, -0.2) is 28.3 Å². The molecule has 2 amide bonds. The molecule has 1 aliphatic heterocycles. The molecule has 1 saturated heterocycles. The lowest BCUT2D eigenvalue weighted by Crippen LogP contribution is -2.28. The summed E-state index contributed by atoms with van der Waals surface area (Å²) in [6.45, 7) is 2.24. The van der Waals surface area contributed by atoms with Gasteiger partial charge in [-0.3, -0.25) is 19.7 Å².